The summed E-state index contributed by atoms with van der Waals surface area (Å²) in [6.07, 6.45) is 2.37. The van der Waals surface area contributed by atoms with Crippen molar-refractivity contribution in [3.63, 3.8) is 0 Å². The lowest BCUT2D eigenvalue weighted by Crippen LogP contribution is -1.98. The van der Waals surface area contributed by atoms with Crippen molar-refractivity contribution in [1.29, 1.82) is 0 Å². The maximum atomic E-state index is 3.84. The van der Waals surface area contributed by atoms with Crippen LogP contribution in [-0.2, 0) is 6.42 Å². The Balaban J connectivity index is 2.28. The first-order valence-electron chi connectivity index (χ1n) is 6.92. The van der Waals surface area contributed by atoms with E-state index in [-0.39, 0.29) is 4.83 Å². The number of halogens is 1. The van der Waals surface area contributed by atoms with Gasteiger partial charge in [-0.15, -0.1) is 0 Å². The normalized spacial score (nSPS) is 12.4. The molecule has 0 aliphatic heterocycles. The molecule has 0 radical (unpaired) electrons. The Hall–Kier alpha value is -1.08. The van der Waals surface area contributed by atoms with Crippen LogP contribution in [0.2, 0.25) is 0 Å². The van der Waals surface area contributed by atoms with Gasteiger partial charge in [-0.25, -0.2) is 0 Å². The molecule has 2 aromatic carbocycles. The quantitative estimate of drug-likeness (QED) is 0.631. The van der Waals surface area contributed by atoms with Crippen LogP contribution in [0.25, 0.3) is 0 Å². The fraction of sp³-hybridized carbons (Fsp3) is 0.333. The standard InChI is InChI=1S/C18H21Br/c1-4-6-15-9-11-16(12-10-15)18(19)17-8-5-7-13(2)14(17)3/h5,7-12,18H,4,6H2,1-3H3. The van der Waals surface area contributed by atoms with E-state index in [2.05, 4.69) is 79.2 Å². The van der Waals surface area contributed by atoms with Crippen molar-refractivity contribution in [2.45, 2.75) is 38.4 Å². The second-order valence-electron chi connectivity index (χ2n) is 5.14. The predicted molar refractivity (Wildman–Crippen MR) is 87.1 cm³/mol. The summed E-state index contributed by atoms with van der Waals surface area (Å²) in [5.74, 6) is 0. The first-order valence-corrected chi connectivity index (χ1v) is 7.84. The van der Waals surface area contributed by atoms with Crippen LogP contribution in [-0.4, -0.2) is 0 Å². The fourth-order valence-corrected chi connectivity index (χ4v) is 3.17. The molecule has 1 unspecified atom stereocenters. The van der Waals surface area contributed by atoms with E-state index in [1.54, 1.807) is 0 Å². The van der Waals surface area contributed by atoms with Gasteiger partial charge >= 0.3 is 0 Å². The molecule has 1 atom stereocenters. The van der Waals surface area contributed by atoms with Gasteiger partial charge in [-0.3, -0.25) is 0 Å². The summed E-state index contributed by atoms with van der Waals surface area (Å²) in [6, 6.07) is 15.5. The average molecular weight is 317 g/mol. The number of rotatable bonds is 4. The average Bonchev–Trinajstić information content (AvgIpc) is 2.42. The van der Waals surface area contributed by atoms with Crippen LogP contribution in [0.15, 0.2) is 42.5 Å². The van der Waals surface area contributed by atoms with Crippen LogP contribution in [0.3, 0.4) is 0 Å². The van der Waals surface area contributed by atoms with Crippen molar-refractivity contribution in [2.75, 3.05) is 0 Å². The SMILES string of the molecule is CCCc1ccc(C(Br)c2cccc(C)c2C)cc1. The van der Waals surface area contributed by atoms with Crippen LogP contribution < -0.4 is 0 Å². The van der Waals surface area contributed by atoms with E-state index in [9.17, 15) is 0 Å². The molecule has 100 valence electrons. The predicted octanol–water partition coefficient (Wildman–Crippen LogP) is 5.74. The maximum absolute atomic E-state index is 3.84. The number of hydrogen-bond donors (Lipinski definition) is 0. The Kier molecular flexibility index (Phi) is 4.81. The zero-order chi connectivity index (χ0) is 13.8. The highest BCUT2D eigenvalue weighted by molar-refractivity contribution is 9.09. The minimum Gasteiger partial charge on any atom is -0.0786 e. The Morgan fingerprint density at radius 3 is 2.32 bits per heavy atom. The highest BCUT2D eigenvalue weighted by atomic mass is 79.9. The molecule has 0 fully saturated rings. The minimum atomic E-state index is 0.281. The molecule has 0 saturated heterocycles. The van der Waals surface area contributed by atoms with Crippen molar-refractivity contribution >= 4 is 15.9 Å². The van der Waals surface area contributed by atoms with Crippen molar-refractivity contribution in [3.05, 3.63) is 70.3 Å². The van der Waals surface area contributed by atoms with Gasteiger partial charge in [0.05, 0.1) is 4.83 Å². The van der Waals surface area contributed by atoms with Crippen molar-refractivity contribution < 1.29 is 0 Å². The highest BCUT2D eigenvalue weighted by Crippen LogP contribution is 2.33. The maximum Gasteiger partial charge on any atom is 0.0647 e. The van der Waals surface area contributed by atoms with Crippen molar-refractivity contribution in [3.8, 4) is 0 Å². The van der Waals surface area contributed by atoms with E-state index in [0.29, 0.717) is 0 Å². The van der Waals surface area contributed by atoms with Gasteiger partial charge in [0.2, 0.25) is 0 Å². The third-order valence-electron chi connectivity index (χ3n) is 3.73. The van der Waals surface area contributed by atoms with Crippen molar-refractivity contribution in [1.82, 2.24) is 0 Å². The van der Waals surface area contributed by atoms with E-state index in [1.807, 2.05) is 0 Å². The van der Waals surface area contributed by atoms with Crippen LogP contribution in [0.1, 0.15) is 46.0 Å². The van der Waals surface area contributed by atoms with E-state index in [4.69, 9.17) is 0 Å². The van der Waals surface area contributed by atoms with Gasteiger partial charge in [0, 0.05) is 0 Å². The van der Waals surface area contributed by atoms with Crippen LogP contribution >= 0.6 is 15.9 Å². The summed E-state index contributed by atoms with van der Waals surface area (Å²) in [5.41, 5.74) is 6.84. The Morgan fingerprint density at radius 1 is 1.00 bits per heavy atom. The molecule has 1 heteroatoms. The number of benzene rings is 2. The number of aryl methyl sites for hydroxylation is 2. The highest BCUT2D eigenvalue weighted by Gasteiger charge is 2.13. The van der Waals surface area contributed by atoms with Gasteiger partial charge < -0.3 is 0 Å². The van der Waals surface area contributed by atoms with Crippen LogP contribution in [0.4, 0.5) is 0 Å². The van der Waals surface area contributed by atoms with E-state index in [0.717, 1.165) is 6.42 Å². The summed E-state index contributed by atoms with van der Waals surface area (Å²) >= 11 is 3.84. The lowest BCUT2D eigenvalue weighted by Gasteiger charge is -2.15. The van der Waals surface area contributed by atoms with E-state index < -0.39 is 0 Å². The first kappa shape index (κ1) is 14.3. The molecule has 0 saturated carbocycles. The zero-order valence-corrected chi connectivity index (χ0v) is 13.5. The van der Waals surface area contributed by atoms with E-state index >= 15 is 0 Å². The number of hydrogen-bond acceptors (Lipinski definition) is 0. The second-order valence-corrected chi connectivity index (χ2v) is 6.06. The van der Waals surface area contributed by atoms with Gasteiger partial charge in [-0.05, 0) is 48.1 Å². The molecule has 0 aromatic heterocycles. The lowest BCUT2D eigenvalue weighted by molar-refractivity contribution is 0.920. The fourth-order valence-electron chi connectivity index (χ4n) is 2.37. The van der Waals surface area contributed by atoms with Crippen LogP contribution in [0.5, 0.6) is 0 Å². The van der Waals surface area contributed by atoms with Crippen LogP contribution in [0, 0.1) is 13.8 Å². The third-order valence-corrected chi connectivity index (χ3v) is 4.75. The topological polar surface area (TPSA) is 0 Å². The monoisotopic (exact) mass is 316 g/mol. The summed E-state index contributed by atoms with van der Waals surface area (Å²) in [7, 11) is 0. The number of alkyl halides is 1. The van der Waals surface area contributed by atoms with Gasteiger partial charge in [0.15, 0.2) is 0 Å². The molecule has 0 spiro atoms. The molecule has 2 aromatic rings. The Labute approximate surface area is 125 Å². The Bertz CT molecular complexity index is 540. The molecule has 2 rings (SSSR count). The molecule has 0 amide bonds. The van der Waals surface area contributed by atoms with Gasteiger partial charge in [0.25, 0.3) is 0 Å². The minimum absolute atomic E-state index is 0.281. The molecule has 0 N–H and O–H groups in total. The molecule has 0 aliphatic carbocycles. The lowest BCUT2D eigenvalue weighted by atomic mass is 9.96. The Morgan fingerprint density at radius 2 is 1.68 bits per heavy atom. The molecule has 0 nitrogen and oxygen atoms in total. The van der Waals surface area contributed by atoms with Gasteiger partial charge in [-0.1, -0.05) is 71.7 Å². The molecule has 19 heavy (non-hydrogen) atoms. The third kappa shape index (κ3) is 3.27. The molecular weight excluding hydrogens is 296 g/mol. The molecular formula is C18H21Br. The summed E-state index contributed by atoms with van der Waals surface area (Å²) in [5, 5.41) is 0. The van der Waals surface area contributed by atoms with Crippen molar-refractivity contribution in [2.24, 2.45) is 0 Å². The first-order chi connectivity index (χ1) is 9.13. The summed E-state index contributed by atoms with van der Waals surface area (Å²) < 4.78 is 0. The summed E-state index contributed by atoms with van der Waals surface area (Å²) in [6.45, 7) is 6.59. The molecule has 0 bridgehead atoms. The summed E-state index contributed by atoms with van der Waals surface area (Å²) in [4.78, 5) is 0.281. The van der Waals surface area contributed by atoms with E-state index in [1.165, 1.54) is 34.2 Å². The molecule has 0 aliphatic rings. The smallest absolute Gasteiger partial charge is 0.0647 e. The van der Waals surface area contributed by atoms with Gasteiger partial charge in [-0.2, -0.15) is 0 Å². The van der Waals surface area contributed by atoms with Gasteiger partial charge in [0.1, 0.15) is 0 Å². The second kappa shape index (κ2) is 6.38. The zero-order valence-electron chi connectivity index (χ0n) is 11.9. The molecule has 0 heterocycles. The largest absolute Gasteiger partial charge is 0.0786 e.